The van der Waals surface area contributed by atoms with Crippen LogP contribution >= 0.6 is 11.6 Å². The number of benzene rings is 1. The lowest BCUT2D eigenvalue weighted by molar-refractivity contribution is -0.137. The Hall–Kier alpha value is -1.69. The highest BCUT2D eigenvalue weighted by atomic mass is 35.5. The maximum Gasteiger partial charge on any atom is 0.416 e. The Morgan fingerprint density at radius 3 is 2.50 bits per heavy atom. The van der Waals surface area contributed by atoms with Crippen LogP contribution in [0.2, 0.25) is 5.02 Å². The first kappa shape index (κ1) is 14.7. The summed E-state index contributed by atoms with van der Waals surface area (Å²) in [6.07, 6.45) is -4.92. The summed E-state index contributed by atoms with van der Waals surface area (Å²) in [4.78, 5) is 12.0. The molecule has 1 aliphatic heterocycles. The van der Waals surface area contributed by atoms with Gasteiger partial charge in [0.2, 0.25) is 5.78 Å². The number of alkyl halides is 3. The number of ketones is 1. The molecule has 1 heterocycles. The van der Waals surface area contributed by atoms with Gasteiger partial charge in [-0.2, -0.15) is 13.2 Å². The highest BCUT2D eigenvalue weighted by molar-refractivity contribution is 6.31. The van der Waals surface area contributed by atoms with Crippen molar-refractivity contribution in [3.8, 4) is 0 Å². The van der Waals surface area contributed by atoms with E-state index in [9.17, 15) is 18.0 Å². The summed E-state index contributed by atoms with van der Waals surface area (Å²) < 4.78 is 43.4. The van der Waals surface area contributed by atoms with E-state index in [0.29, 0.717) is 6.42 Å². The molecule has 7 heteroatoms. The fourth-order valence-corrected chi connectivity index (χ4v) is 2.23. The molecule has 0 aliphatic carbocycles. The van der Waals surface area contributed by atoms with Gasteiger partial charge in [-0.25, -0.2) is 0 Å². The van der Waals surface area contributed by atoms with Gasteiger partial charge < -0.3 is 10.5 Å². The Kier molecular flexibility index (Phi) is 3.69. The van der Waals surface area contributed by atoms with E-state index in [2.05, 4.69) is 0 Å². The van der Waals surface area contributed by atoms with Crippen LogP contribution in [0, 0.1) is 0 Å². The molecule has 1 unspecified atom stereocenters. The lowest BCUT2D eigenvalue weighted by Crippen LogP contribution is -2.17. The van der Waals surface area contributed by atoms with Crippen LogP contribution in [0.3, 0.4) is 0 Å². The number of carbonyl (C=O) groups is 1. The highest BCUT2D eigenvalue weighted by Gasteiger charge is 2.36. The first-order chi connectivity index (χ1) is 9.24. The van der Waals surface area contributed by atoms with Crippen molar-refractivity contribution in [3.63, 3.8) is 0 Å². The van der Waals surface area contributed by atoms with Gasteiger partial charge in [0.25, 0.3) is 0 Å². The Morgan fingerprint density at radius 2 is 2.00 bits per heavy atom. The predicted molar refractivity (Wildman–Crippen MR) is 67.7 cm³/mol. The minimum absolute atomic E-state index is 0.0169. The molecule has 0 saturated carbocycles. The summed E-state index contributed by atoms with van der Waals surface area (Å²) in [6.45, 7) is 1.72. The van der Waals surface area contributed by atoms with Gasteiger partial charge in [0.1, 0.15) is 0 Å². The zero-order valence-corrected chi connectivity index (χ0v) is 11.2. The molecule has 1 aromatic carbocycles. The zero-order valence-electron chi connectivity index (χ0n) is 10.4. The average molecular weight is 306 g/mol. The molecule has 1 aromatic rings. The second-order valence-corrected chi connectivity index (χ2v) is 4.78. The molecular weight excluding hydrogens is 295 g/mol. The number of hydrogen-bond donors (Lipinski definition) is 1. The van der Waals surface area contributed by atoms with Crippen molar-refractivity contribution in [1.82, 2.24) is 0 Å². The molecule has 0 radical (unpaired) electrons. The third kappa shape index (κ3) is 2.60. The molecule has 0 saturated heterocycles. The van der Waals surface area contributed by atoms with E-state index in [1.807, 2.05) is 0 Å². The molecule has 2 N–H and O–H groups in total. The first-order valence-electron chi connectivity index (χ1n) is 5.82. The van der Waals surface area contributed by atoms with E-state index in [4.69, 9.17) is 22.1 Å². The Balaban J connectivity index is 2.52. The fourth-order valence-electron chi connectivity index (χ4n) is 2.00. The summed E-state index contributed by atoms with van der Waals surface area (Å²) in [6, 6.07) is 2.89. The molecular formula is C13H11ClF3NO2. The van der Waals surface area contributed by atoms with Crippen molar-refractivity contribution in [2.24, 2.45) is 5.73 Å². The van der Waals surface area contributed by atoms with E-state index < -0.39 is 23.6 Å². The second kappa shape index (κ2) is 5.01. The van der Waals surface area contributed by atoms with Gasteiger partial charge in [-0.15, -0.1) is 0 Å². The van der Waals surface area contributed by atoms with Crippen molar-refractivity contribution in [2.45, 2.75) is 25.6 Å². The van der Waals surface area contributed by atoms with Gasteiger partial charge in [-0.1, -0.05) is 18.5 Å². The van der Waals surface area contributed by atoms with Crippen LogP contribution < -0.4 is 5.73 Å². The molecule has 108 valence electrons. The van der Waals surface area contributed by atoms with Gasteiger partial charge in [0, 0.05) is 5.02 Å². The van der Waals surface area contributed by atoms with Crippen LogP contribution in [-0.2, 0) is 15.7 Å². The lowest BCUT2D eigenvalue weighted by Gasteiger charge is -2.10. The van der Waals surface area contributed by atoms with E-state index in [-0.39, 0.29) is 22.0 Å². The minimum atomic E-state index is -4.55. The van der Waals surface area contributed by atoms with Crippen LogP contribution in [0.1, 0.15) is 24.5 Å². The fraction of sp³-hybridized carbons (Fsp3) is 0.308. The molecule has 0 amide bonds. The van der Waals surface area contributed by atoms with E-state index >= 15 is 0 Å². The molecule has 0 aromatic heterocycles. The smallest absolute Gasteiger partial charge is 0.416 e. The third-order valence-electron chi connectivity index (χ3n) is 2.94. The highest BCUT2D eigenvalue weighted by Crippen LogP contribution is 2.36. The molecule has 0 bridgehead atoms. The summed E-state index contributed by atoms with van der Waals surface area (Å²) in [5.41, 5.74) is 4.62. The van der Waals surface area contributed by atoms with Crippen molar-refractivity contribution in [1.29, 1.82) is 0 Å². The number of hydrogen-bond acceptors (Lipinski definition) is 3. The molecule has 0 fully saturated rings. The van der Waals surface area contributed by atoms with Crippen LogP contribution in [0.15, 0.2) is 24.1 Å². The van der Waals surface area contributed by atoms with Crippen molar-refractivity contribution in [3.05, 3.63) is 40.2 Å². The Bertz CT molecular complexity index is 596. The van der Waals surface area contributed by atoms with E-state index in [1.54, 1.807) is 6.92 Å². The van der Waals surface area contributed by atoms with Crippen LogP contribution in [0.25, 0.3) is 5.57 Å². The number of nitrogens with two attached hydrogens (primary N) is 1. The summed E-state index contributed by atoms with van der Waals surface area (Å²) in [5.74, 6) is -0.599. The maximum atomic E-state index is 12.7. The van der Waals surface area contributed by atoms with Crippen molar-refractivity contribution >= 4 is 23.0 Å². The topological polar surface area (TPSA) is 52.3 Å². The quantitative estimate of drug-likeness (QED) is 0.911. The number of carbonyl (C=O) groups excluding carboxylic acids is 1. The average Bonchev–Trinajstić information content (AvgIpc) is 2.62. The van der Waals surface area contributed by atoms with Crippen LogP contribution in [0.4, 0.5) is 13.2 Å². The van der Waals surface area contributed by atoms with Gasteiger partial charge in [0.15, 0.2) is 12.0 Å². The molecule has 1 atom stereocenters. The normalized spacial score (nSPS) is 19.4. The van der Waals surface area contributed by atoms with Gasteiger partial charge in [-0.3, -0.25) is 4.79 Å². The summed E-state index contributed by atoms with van der Waals surface area (Å²) in [5, 5.41) is -0.122. The molecule has 20 heavy (non-hydrogen) atoms. The monoisotopic (exact) mass is 305 g/mol. The standard InChI is InChI=1S/C13H11ClF3NO2/c1-2-9-11(19)10(12(18)20-9)6-3-7(13(15,16)17)5-8(14)4-6/h3-5,9H,2,18H2,1H3. The minimum Gasteiger partial charge on any atom is -0.467 e. The Labute approximate surface area is 118 Å². The predicted octanol–water partition coefficient (Wildman–Crippen LogP) is 3.36. The van der Waals surface area contributed by atoms with Crippen molar-refractivity contribution < 1.29 is 22.7 Å². The third-order valence-corrected chi connectivity index (χ3v) is 3.16. The van der Waals surface area contributed by atoms with E-state index in [1.165, 1.54) is 6.07 Å². The maximum absolute atomic E-state index is 12.7. The van der Waals surface area contributed by atoms with Gasteiger partial charge in [0.05, 0.1) is 11.1 Å². The van der Waals surface area contributed by atoms with Gasteiger partial charge >= 0.3 is 6.18 Å². The lowest BCUT2D eigenvalue weighted by atomic mass is 9.98. The van der Waals surface area contributed by atoms with Crippen LogP contribution in [0.5, 0.6) is 0 Å². The summed E-state index contributed by atoms with van der Waals surface area (Å²) >= 11 is 5.68. The molecule has 0 spiro atoms. The number of Topliss-reactive ketones (excluding diaryl/α,β-unsaturated/α-hetero) is 1. The van der Waals surface area contributed by atoms with Crippen molar-refractivity contribution in [2.75, 3.05) is 0 Å². The van der Waals surface area contributed by atoms with Gasteiger partial charge in [-0.05, 0) is 30.2 Å². The SMILES string of the molecule is CCC1OC(N)=C(c2cc(Cl)cc(C(F)(F)F)c2)C1=O. The molecule has 2 rings (SSSR count). The molecule has 1 aliphatic rings. The Morgan fingerprint density at radius 1 is 1.35 bits per heavy atom. The molecule has 3 nitrogen and oxygen atoms in total. The first-order valence-corrected chi connectivity index (χ1v) is 6.20. The van der Waals surface area contributed by atoms with Crippen LogP contribution in [-0.4, -0.2) is 11.9 Å². The van der Waals surface area contributed by atoms with E-state index in [0.717, 1.165) is 12.1 Å². The number of ether oxygens (including phenoxy) is 1. The number of halogens is 4. The summed E-state index contributed by atoms with van der Waals surface area (Å²) in [7, 11) is 0. The second-order valence-electron chi connectivity index (χ2n) is 4.34. The number of rotatable bonds is 2. The zero-order chi connectivity index (χ0) is 15.1. The largest absolute Gasteiger partial charge is 0.467 e.